The van der Waals surface area contributed by atoms with Gasteiger partial charge in [-0.1, -0.05) is 0 Å². The molecule has 1 fully saturated rings. The maximum atomic E-state index is 11.3. The Morgan fingerprint density at radius 3 is 2.83 bits per heavy atom. The summed E-state index contributed by atoms with van der Waals surface area (Å²) in [6.45, 7) is 2.22. The number of nitrogen functional groups attached to an aromatic ring is 1. The van der Waals surface area contributed by atoms with E-state index in [1.54, 1.807) is 6.92 Å². The minimum Gasteiger partial charge on any atom is -0.464 e. The van der Waals surface area contributed by atoms with Gasteiger partial charge in [0.2, 0.25) is 11.9 Å². The molecule has 1 aliphatic rings. The molecule has 8 nitrogen and oxygen atoms in total. The predicted molar refractivity (Wildman–Crippen MR) is 66.1 cm³/mol. The molecule has 0 amide bonds. The number of nitrogens with two attached hydrogens (primary N) is 1. The monoisotopic (exact) mass is 273 g/mol. The highest BCUT2D eigenvalue weighted by molar-refractivity contribution is 7.91. The van der Waals surface area contributed by atoms with Gasteiger partial charge < -0.3 is 15.8 Å². The van der Waals surface area contributed by atoms with Crippen molar-refractivity contribution in [3.8, 4) is 6.01 Å². The van der Waals surface area contributed by atoms with Crippen LogP contribution < -0.4 is 15.8 Å². The number of hydrogen-bond donors (Lipinski definition) is 2. The van der Waals surface area contributed by atoms with E-state index in [0.29, 0.717) is 13.0 Å². The zero-order valence-electron chi connectivity index (χ0n) is 9.96. The van der Waals surface area contributed by atoms with E-state index in [2.05, 4.69) is 20.3 Å². The smallest absolute Gasteiger partial charge is 0.323 e. The topological polar surface area (TPSA) is 120 Å². The summed E-state index contributed by atoms with van der Waals surface area (Å²) >= 11 is 0. The highest BCUT2D eigenvalue weighted by Crippen LogP contribution is 2.16. The number of anilines is 2. The zero-order valence-corrected chi connectivity index (χ0v) is 10.8. The van der Waals surface area contributed by atoms with E-state index in [0.717, 1.165) is 0 Å². The molecule has 3 N–H and O–H groups in total. The molecule has 0 aromatic carbocycles. The van der Waals surface area contributed by atoms with Gasteiger partial charge >= 0.3 is 6.01 Å². The zero-order chi connectivity index (χ0) is 13.2. The third kappa shape index (κ3) is 3.19. The number of sulfone groups is 1. The second kappa shape index (κ2) is 4.92. The molecule has 1 unspecified atom stereocenters. The van der Waals surface area contributed by atoms with Crippen LogP contribution in [0.2, 0.25) is 0 Å². The van der Waals surface area contributed by atoms with Crippen molar-refractivity contribution in [2.75, 3.05) is 29.2 Å². The van der Waals surface area contributed by atoms with Crippen molar-refractivity contribution >= 4 is 21.7 Å². The van der Waals surface area contributed by atoms with Crippen molar-refractivity contribution in [3.63, 3.8) is 0 Å². The summed E-state index contributed by atoms with van der Waals surface area (Å²) < 4.78 is 27.8. The van der Waals surface area contributed by atoms with E-state index >= 15 is 0 Å². The van der Waals surface area contributed by atoms with Crippen molar-refractivity contribution in [3.05, 3.63) is 0 Å². The van der Waals surface area contributed by atoms with E-state index < -0.39 is 9.84 Å². The summed E-state index contributed by atoms with van der Waals surface area (Å²) in [7, 11) is -2.94. The number of hydrogen-bond acceptors (Lipinski definition) is 8. The van der Waals surface area contributed by atoms with Crippen LogP contribution in [0.4, 0.5) is 11.9 Å². The summed E-state index contributed by atoms with van der Waals surface area (Å²) in [5, 5.41) is 2.93. The molecule has 100 valence electrons. The van der Waals surface area contributed by atoms with Crippen molar-refractivity contribution < 1.29 is 13.2 Å². The average molecular weight is 273 g/mol. The maximum absolute atomic E-state index is 11.3. The molecule has 1 saturated heterocycles. The summed E-state index contributed by atoms with van der Waals surface area (Å²) in [6.07, 6.45) is 0.540. The van der Waals surface area contributed by atoms with Crippen LogP contribution in [0, 0.1) is 0 Å². The molecule has 18 heavy (non-hydrogen) atoms. The van der Waals surface area contributed by atoms with Crippen molar-refractivity contribution in [2.24, 2.45) is 0 Å². The van der Waals surface area contributed by atoms with Gasteiger partial charge in [-0.15, -0.1) is 0 Å². The third-order valence-corrected chi connectivity index (χ3v) is 4.24. The quantitative estimate of drug-likeness (QED) is 0.749. The molecule has 1 aromatic heterocycles. The number of aromatic nitrogens is 3. The maximum Gasteiger partial charge on any atom is 0.323 e. The highest BCUT2D eigenvalue weighted by Gasteiger charge is 2.28. The Morgan fingerprint density at radius 1 is 1.44 bits per heavy atom. The third-order valence-electron chi connectivity index (χ3n) is 2.47. The fourth-order valence-corrected chi connectivity index (χ4v) is 3.40. The minimum atomic E-state index is -2.94. The lowest BCUT2D eigenvalue weighted by Crippen LogP contribution is -2.22. The molecule has 0 radical (unpaired) electrons. The normalized spacial score (nSPS) is 21.7. The number of rotatable bonds is 4. The Hall–Kier alpha value is -1.64. The Balaban J connectivity index is 2.09. The number of nitrogens with zero attached hydrogens (tertiary/aromatic N) is 3. The molecule has 0 spiro atoms. The lowest BCUT2D eigenvalue weighted by molar-refractivity contribution is 0.312. The van der Waals surface area contributed by atoms with Gasteiger partial charge in [-0.25, -0.2) is 8.42 Å². The molecule has 1 atom stereocenters. The molecule has 2 rings (SSSR count). The van der Waals surface area contributed by atoms with Crippen LogP contribution in [-0.4, -0.2) is 47.5 Å². The van der Waals surface area contributed by atoms with Crippen molar-refractivity contribution in [1.82, 2.24) is 15.0 Å². The van der Waals surface area contributed by atoms with E-state index in [1.165, 1.54) is 0 Å². The predicted octanol–water partition coefficient (Wildman–Crippen LogP) is -0.548. The first-order valence-corrected chi connectivity index (χ1v) is 7.42. The molecule has 9 heteroatoms. The summed E-state index contributed by atoms with van der Waals surface area (Å²) in [4.78, 5) is 11.7. The molecule has 1 aromatic rings. The van der Waals surface area contributed by atoms with Crippen LogP contribution in [0.5, 0.6) is 6.01 Å². The lowest BCUT2D eigenvalue weighted by Gasteiger charge is -2.11. The van der Waals surface area contributed by atoms with Crippen LogP contribution in [0.1, 0.15) is 13.3 Å². The van der Waals surface area contributed by atoms with Gasteiger partial charge in [0.05, 0.1) is 18.1 Å². The first-order valence-electron chi connectivity index (χ1n) is 5.60. The van der Waals surface area contributed by atoms with E-state index in [-0.39, 0.29) is 35.5 Å². The van der Waals surface area contributed by atoms with Crippen LogP contribution in [-0.2, 0) is 9.84 Å². The van der Waals surface area contributed by atoms with Gasteiger partial charge in [0, 0.05) is 6.04 Å². The van der Waals surface area contributed by atoms with Crippen molar-refractivity contribution in [1.29, 1.82) is 0 Å². The Labute approximate surface area is 105 Å². The Morgan fingerprint density at radius 2 is 2.22 bits per heavy atom. The first kappa shape index (κ1) is 12.8. The van der Waals surface area contributed by atoms with Gasteiger partial charge in [0.1, 0.15) is 0 Å². The molecule has 0 bridgehead atoms. The number of ether oxygens (including phenoxy) is 1. The molecule has 1 aliphatic heterocycles. The molecular weight excluding hydrogens is 258 g/mol. The Kier molecular flexibility index (Phi) is 3.50. The molecule has 0 aliphatic carbocycles. The van der Waals surface area contributed by atoms with Gasteiger partial charge in [-0.2, -0.15) is 15.0 Å². The van der Waals surface area contributed by atoms with E-state index in [4.69, 9.17) is 10.5 Å². The molecule has 0 saturated carbocycles. The summed E-state index contributed by atoms with van der Waals surface area (Å²) in [6, 6.07) is -0.0559. The highest BCUT2D eigenvalue weighted by atomic mass is 32.2. The van der Waals surface area contributed by atoms with Crippen LogP contribution in [0.25, 0.3) is 0 Å². The van der Waals surface area contributed by atoms with Gasteiger partial charge in [-0.3, -0.25) is 0 Å². The van der Waals surface area contributed by atoms with Crippen LogP contribution >= 0.6 is 0 Å². The average Bonchev–Trinajstić information content (AvgIpc) is 2.57. The number of nitrogens with one attached hydrogen (secondary N) is 1. The van der Waals surface area contributed by atoms with Crippen LogP contribution in [0.3, 0.4) is 0 Å². The van der Waals surface area contributed by atoms with E-state index in [9.17, 15) is 8.42 Å². The van der Waals surface area contributed by atoms with Crippen molar-refractivity contribution in [2.45, 2.75) is 19.4 Å². The standard InChI is InChI=1S/C9H15N5O3S/c1-2-17-9-13-7(10)12-8(14-9)11-6-3-4-18(15,16)5-6/h6H,2-5H2,1H3,(H3,10,11,12,13,14). The van der Waals surface area contributed by atoms with E-state index in [1.807, 2.05) is 0 Å². The second-order valence-electron chi connectivity index (χ2n) is 3.98. The lowest BCUT2D eigenvalue weighted by atomic mass is 10.3. The van der Waals surface area contributed by atoms with Gasteiger partial charge in [0.25, 0.3) is 0 Å². The SMILES string of the molecule is CCOc1nc(N)nc(NC2CCS(=O)(=O)C2)n1. The fourth-order valence-electron chi connectivity index (χ4n) is 1.72. The first-order chi connectivity index (χ1) is 8.48. The van der Waals surface area contributed by atoms with Crippen LogP contribution in [0.15, 0.2) is 0 Å². The molecule has 2 heterocycles. The summed E-state index contributed by atoms with van der Waals surface area (Å²) in [5.41, 5.74) is 5.52. The molecular formula is C9H15N5O3S. The largest absolute Gasteiger partial charge is 0.464 e. The Bertz CT molecular complexity index is 533. The fraction of sp³-hybridized carbons (Fsp3) is 0.667. The minimum absolute atomic E-state index is 0.0387. The summed E-state index contributed by atoms with van der Waals surface area (Å²) in [5.74, 6) is 0.552. The second-order valence-corrected chi connectivity index (χ2v) is 6.21. The van der Waals surface area contributed by atoms with Gasteiger partial charge in [-0.05, 0) is 13.3 Å². The van der Waals surface area contributed by atoms with Gasteiger partial charge in [0.15, 0.2) is 9.84 Å².